The van der Waals surface area contributed by atoms with Crippen LogP contribution in [0.15, 0.2) is 200 Å². The molecule has 10 aromatic carbocycles. The van der Waals surface area contributed by atoms with Gasteiger partial charge < -0.3 is 98.4 Å². The topological polar surface area (TPSA) is 252 Å². The largest absolute Gasteiger partial charge is 1.00 e. The van der Waals surface area contributed by atoms with Crippen molar-refractivity contribution in [2.24, 2.45) is 0 Å². The van der Waals surface area contributed by atoms with Gasteiger partial charge in [0.1, 0.15) is 55.0 Å². The van der Waals surface area contributed by atoms with Gasteiger partial charge in [0, 0.05) is 130 Å². The molecule has 0 saturated carbocycles. The van der Waals surface area contributed by atoms with E-state index in [0.717, 1.165) is 164 Å². The molecule has 24 heteroatoms. The number of nitrogens with one attached hydrogen (secondary N) is 6. The van der Waals surface area contributed by atoms with Gasteiger partial charge in [-0.25, -0.2) is 13.8 Å². The number of rotatable bonds is 38. The number of para-hydroxylation sites is 3. The Morgan fingerprint density at radius 2 is 1.09 bits per heavy atom. The average Bonchev–Trinajstić information content (AvgIpc) is 0.701. The monoisotopic (exact) mass is 1720 g/mol. The molecule has 1 amide bonds. The Kier molecular flexibility index (Phi) is 33.8. The molecule has 14 rings (SSSR count). The molecule has 0 bridgehead atoms. The summed E-state index contributed by atoms with van der Waals surface area (Å²) >= 11 is 0. The molecule has 0 fully saturated rings. The Balaban J connectivity index is 0.000000189. The van der Waals surface area contributed by atoms with Gasteiger partial charge in [0.05, 0.1) is 55.7 Å². The molecular formula is C98H115BrF2N12O9. The maximum Gasteiger partial charge on any atom is 0.221 e. The summed E-state index contributed by atoms with van der Waals surface area (Å²) < 4.78 is 44.5. The van der Waals surface area contributed by atoms with Crippen LogP contribution < -0.4 is 67.8 Å². The summed E-state index contributed by atoms with van der Waals surface area (Å²) in [6.45, 7) is 17.3. The number of ketones is 2. The maximum atomic E-state index is 15.1. The van der Waals surface area contributed by atoms with Crippen molar-refractivity contribution in [2.75, 3.05) is 154 Å². The van der Waals surface area contributed by atoms with Gasteiger partial charge in [0.25, 0.3) is 0 Å². The molecule has 122 heavy (non-hydrogen) atoms. The number of fused-ring (bicyclic) bond motifs is 8. The minimum absolute atomic E-state index is 0. The number of likely N-dealkylation sites (N-methyl/N-ethyl adjacent to an activating group) is 2. The van der Waals surface area contributed by atoms with E-state index in [1.807, 2.05) is 97.1 Å². The zero-order valence-electron chi connectivity index (χ0n) is 70.9. The molecule has 1 aliphatic carbocycles. The van der Waals surface area contributed by atoms with Gasteiger partial charge >= 0.3 is 0 Å². The van der Waals surface area contributed by atoms with Crippen molar-refractivity contribution < 1.29 is 74.6 Å². The highest BCUT2D eigenvalue weighted by Crippen LogP contribution is 2.45. The number of benzene rings is 10. The number of carbonyl (C=O) groups excluding carboxylic acids is 3. The third kappa shape index (κ3) is 23.7. The smallest absolute Gasteiger partial charge is 0.221 e. The highest BCUT2D eigenvalue weighted by atomic mass is 79.9. The fourth-order valence-corrected chi connectivity index (χ4v) is 15.6. The quantitative estimate of drug-likeness (QED) is 0.00747. The number of aromatic nitrogens is 2. The minimum atomic E-state index is -1.31. The average molecular weight is 1720 g/mol. The van der Waals surface area contributed by atoms with Crippen LogP contribution in [0, 0.1) is 11.6 Å². The third-order valence-electron chi connectivity index (χ3n) is 22.0. The van der Waals surface area contributed by atoms with Crippen LogP contribution in [0.4, 0.5) is 31.5 Å². The first kappa shape index (κ1) is 91.5. The SMILES string of the molecule is CCN(CC)CCCC(C)NC(=O)CCN1CCCc2cc(C=Cc3cc[n+](CCCNCC(O)COc4cccc5ccccc45)c4ccccc34)ccc21.CN(C)CCNc1c(F)c(F)c(NCCN(C)C)c2c1C(=O)c1c(O)ccc(O)c1C2=O.OC(CNCCNc1c2ccccc2nc2ccccc12)COc1cccc2ccccc12.[Br-]. The number of aliphatic hydroxyl groups excluding tert-OH is 2. The lowest BCUT2D eigenvalue weighted by Gasteiger charge is -2.31. The van der Waals surface area contributed by atoms with E-state index in [2.05, 4.69) is 170 Å². The summed E-state index contributed by atoms with van der Waals surface area (Å²) in [4.78, 5) is 52.7. The van der Waals surface area contributed by atoms with E-state index in [9.17, 15) is 34.8 Å². The van der Waals surface area contributed by atoms with E-state index in [0.29, 0.717) is 32.6 Å². The first-order chi connectivity index (χ1) is 58.8. The zero-order valence-corrected chi connectivity index (χ0v) is 72.4. The number of ether oxygens (including phenoxy) is 2. The van der Waals surface area contributed by atoms with Crippen LogP contribution in [-0.2, 0) is 17.8 Å². The van der Waals surface area contributed by atoms with Crippen molar-refractivity contribution in [1.29, 1.82) is 0 Å². The summed E-state index contributed by atoms with van der Waals surface area (Å²) in [7, 11) is 7.16. The molecule has 2 aliphatic rings. The number of halogens is 3. The van der Waals surface area contributed by atoms with Crippen LogP contribution in [-0.4, -0.2) is 209 Å². The highest BCUT2D eigenvalue weighted by molar-refractivity contribution is 6.33. The summed E-state index contributed by atoms with van der Waals surface area (Å²) in [6, 6.07) is 64.5. The number of anilines is 4. The number of pyridine rings is 2. The lowest BCUT2D eigenvalue weighted by atomic mass is 9.81. The predicted octanol–water partition coefficient (Wildman–Crippen LogP) is 11.7. The van der Waals surface area contributed by atoms with Gasteiger partial charge in [-0.3, -0.25) is 14.4 Å². The number of carbonyl (C=O) groups is 3. The van der Waals surface area contributed by atoms with E-state index in [-0.39, 0.29) is 66.4 Å². The first-order valence-electron chi connectivity index (χ1n) is 42.2. The summed E-state index contributed by atoms with van der Waals surface area (Å²) in [5.74, 6) is -3.71. The van der Waals surface area contributed by atoms with Crippen molar-refractivity contribution in [1.82, 2.24) is 35.6 Å². The summed E-state index contributed by atoms with van der Waals surface area (Å²) in [5.41, 5.74) is 6.71. The zero-order chi connectivity index (χ0) is 85.3. The normalized spacial score (nSPS) is 13.1. The van der Waals surface area contributed by atoms with E-state index in [4.69, 9.17) is 14.5 Å². The number of hydrogen-bond donors (Lipinski definition) is 10. The molecule has 0 radical (unpaired) electrons. The second kappa shape index (κ2) is 45.1. The molecule has 12 aromatic rings. The van der Waals surface area contributed by atoms with Crippen molar-refractivity contribution in [2.45, 2.75) is 84.1 Å². The Morgan fingerprint density at radius 1 is 0.574 bits per heavy atom. The van der Waals surface area contributed by atoms with Crippen LogP contribution >= 0.6 is 0 Å². The standard InChI is InChI=1S/C48H61N5O3.C28H27N3O2.C22H26F2N4O4.BrH/c1-4-51(5-2)29-11-14-37(3)50-48(55)27-33-52-30-12-17-41-34-38(23-25-45(41)52)22-24-40-26-32-53(46-20-9-8-18-43(40)46)31-13-28-49-35-42(54)36-56-47-21-10-16-39-15-6-7-19-44(39)47;32-21(19-33-27-15-7-9-20-8-1-2-10-22(20)27)18-29-16-17-30-28-23-11-3-5-13-25(23)31-26-14-6-4-12-24(26)28;1-27(2)9-7-25-19-15-16(20(18(24)17(19)23)26-8-10-28(3)4)22(32)14-12(30)6-5-11(29)13(14)21(15)31;/h6-10,15-16,18-26,32,34,37,42,49,54H,4-5,11-14,17,27-31,33,35-36H2,1-3H3;1-15,21,29,32H,16-19H2,(H,30,31);5-6,25-26,29-30H,7-10H2,1-4H3;1H. The van der Waals surface area contributed by atoms with Crippen LogP contribution in [0.3, 0.4) is 0 Å². The Labute approximate surface area is 724 Å². The number of aliphatic hydroxyl groups is 2. The molecule has 1 aliphatic heterocycles. The lowest BCUT2D eigenvalue weighted by Crippen LogP contribution is -3.00. The molecular weight excluding hydrogens is 1610 g/mol. The first-order valence-corrected chi connectivity index (χ1v) is 42.2. The van der Waals surface area contributed by atoms with Crippen LogP contribution in [0.25, 0.3) is 66.4 Å². The summed E-state index contributed by atoms with van der Waals surface area (Å²) in [5, 5.41) is 68.2. The van der Waals surface area contributed by atoms with Gasteiger partial charge in [-0.05, 0) is 162 Å². The van der Waals surface area contributed by atoms with E-state index in [1.165, 1.54) is 33.3 Å². The Hall–Kier alpha value is -11.2. The molecule has 3 atom stereocenters. The van der Waals surface area contributed by atoms with Crippen LogP contribution in [0.1, 0.15) is 101 Å². The predicted molar refractivity (Wildman–Crippen MR) is 485 cm³/mol. The van der Waals surface area contributed by atoms with E-state index >= 15 is 8.78 Å². The molecule has 0 spiro atoms. The number of aromatic hydroxyl groups is 2. The fraction of sp³-hybridized carbons (Fsp3) is 0.337. The van der Waals surface area contributed by atoms with E-state index < -0.39 is 69.4 Å². The Bertz CT molecular complexity index is 5430. The minimum Gasteiger partial charge on any atom is -1.00 e. The third-order valence-corrected chi connectivity index (χ3v) is 22.0. The lowest BCUT2D eigenvalue weighted by molar-refractivity contribution is -0.671. The second-order valence-corrected chi connectivity index (χ2v) is 31.4. The van der Waals surface area contributed by atoms with Crippen LogP contribution in [0.5, 0.6) is 23.0 Å². The summed E-state index contributed by atoms with van der Waals surface area (Å²) in [6.07, 6.45) is 11.2. The van der Waals surface area contributed by atoms with Crippen molar-refractivity contribution >= 4 is 107 Å². The molecule has 2 aromatic heterocycles. The maximum absolute atomic E-state index is 15.1. The number of phenols is 2. The number of amides is 1. The van der Waals surface area contributed by atoms with Gasteiger partial charge in [0.2, 0.25) is 23.0 Å². The van der Waals surface area contributed by atoms with E-state index in [1.54, 1.807) is 38.0 Å². The molecule has 10 N–H and O–H groups in total. The van der Waals surface area contributed by atoms with Crippen molar-refractivity contribution in [3.8, 4) is 23.0 Å². The van der Waals surface area contributed by atoms with Gasteiger partial charge in [0.15, 0.2) is 17.8 Å². The number of hydrogen-bond acceptors (Lipinski definition) is 19. The fourth-order valence-electron chi connectivity index (χ4n) is 15.6. The number of aryl methyl sites for hydroxylation is 2. The van der Waals surface area contributed by atoms with Gasteiger partial charge in [-0.1, -0.05) is 153 Å². The number of nitrogens with zero attached hydrogens (tertiary/aromatic N) is 6. The molecule has 3 unspecified atom stereocenters. The Morgan fingerprint density at radius 3 is 1.66 bits per heavy atom. The van der Waals surface area contributed by atoms with Crippen LogP contribution in [0.2, 0.25) is 0 Å². The highest BCUT2D eigenvalue weighted by Gasteiger charge is 2.41. The van der Waals surface area contributed by atoms with Gasteiger partial charge in [-0.2, -0.15) is 4.57 Å². The molecule has 21 nitrogen and oxygen atoms in total. The molecule has 3 heterocycles. The molecule has 642 valence electrons. The number of phenolic OH excluding ortho intramolecular Hbond substituents is 2. The van der Waals surface area contributed by atoms with Crippen molar-refractivity contribution in [3.05, 3.63) is 251 Å². The van der Waals surface area contributed by atoms with Gasteiger partial charge in [-0.15, -0.1) is 0 Å². The van der Waals surface area contributed by atoms with Crippen molar-refractivity contribution in [3.63, 3.8) is 0 Å². The molecule has 0 saturated heterocycles. The second-order valence-electron chi connectivity index (χ2n) is 31.4.